The van der Waals surface area contributed by atoms with Crippen LogP contribution >= 0.6 is 23.4 Å². The van der Waals surface area contributed by atoms with Crippen LogP contribution in [0.2, 0.25) is 5.02 Å². The van der Waals surface area contributed by atoms with E-state index >= 15 is 0 Å². The van der Waals surface area contributed by atoms with E-state index in [4.69, 9.17) is 11.6 Å². The van der Waals surface area contributed by atoms with Crippen LogP contribution in [0.1, 0.15) is 6.92 Å². The maximum absolute atomic E-state index is 12.4. The van der Waals surface area contributed by atoms with Crippen molar-refractivity contribution in [3.05, 3.63) is 53.6 Å². The highest BCUT2D eigenvalue weighted by molar-refractivity contribution is 7.98. The lowest BCUT2D eigenvalue weighted by Gasteiger charge is -2.23. The molecule has 2 rings (SSSR count). The van der Waals surface area contributed by atoms with E-state index in [0.717, 1.165) is 10.6 Å². The van der Waals surface area contributed by atoms with Crippen molar-refractivity contribution in [2.24, 2.45) is 0 Å². The van der Waals surface area contributed by atoms with Gasteiger partial charge in [-0.05, 0) is 56.6 Å². The van der Waals surface area contributed by atoms with Gasteiger partial charge in [-0.25, -0.2) is 0 Å². The fraction of sp³-hybridized carbons (Fsp3) is 0.263. The van der Waals surface area contributed by atoms with Crippen LogP contribution in [-0.2, 0) is 9.59 Å². The van der Waals surface area contributed by atoms with E-state index in [0.29, 0.717) is 10.7 Å². The average Bonchev–Trinajstić information content (AvgIpc) is 2.63. The van der Waals surface area contributed by atoms with E-state index in [1.807, 2.05) is 30.5 Å². The highest BCUT2D eigenvalue weighted by atomic mass is 35.5. The summed E-state index contributed by atoms with van der Waals surface area (Å²) in [4.78, 5) is 27.4. The van der Waals surface area contributed by atoms with E-state index in [1.54, 1.807) is 54.9 Å². The number of para-hydroxylation sites is 1. The zero-order chi connectivity index (χ0) is 19.1. The number of carbonyl (C=O) groups is 2. The third-order valence-corrected chi connectivity index (χ3v) is 4.97. The minimum absolute atomic E-state index is 0.109. The fourth-order valence-electron chi connectivity index (χ4n) is 2.28. The molecular weight excluding hydrogens is 370 g/mol. The predicted molar refractivity (Wildman–Crippen MR) is 109 cm³/mol. The van der Waals surface area contributed by atoms with Gasteiger partial charge in [0.15, 0.2) is 0 Å². The van der Waals surface area contributed by atoms with Crippen molar-refractivity contribution in [3.8, 4) is 0 Å². The summed E-state index contributed by atoms with van der Waals surface area (Å²) >= 11 is 7.41. The van der Waals surface area contributed by atoms with Gasteiger partial charge in [-0.15, -0.1) is 11.8 Å². The quantitative estimate of drug-likeness (QED) is 0.701. The van der Waals surface area contributed by atoms with Crippen molar-refractivity contribution in [2.45, 2.75) is 17.9 Å². The molecule has 2 aromatic carbocycles. The van der Waals surface area contributed by atoms with Crippen LogP contribution in [0.3, 0.4) is 0 Å². The van der Waals surface area contributed by atoms with Gasteiger partial charge in [0.2, 0.25) is 11.8 Å². The topological polar surface area (TPSA) is 61.4 Å². The van der Waals surface area contributed by atoms with Crippen LogP contribution in [0.25, 0.3) is 0 Å². The van der Waals surface area contributed by atoms with E-state index in [2.05, 4.69) is 10.6 Å². The number of amides is 2. The Morgan fingerprint density at radius 2 is 1.77 bits per heavy atom. The third-order valence-electron chi connectivity index (χ3n) is 3.93. The molecule has 2 amide bonds. The highest BCUT2D eigenvalue weighted by Gasteiger charge is 2.20. The Morgan fingerprint density at radius 3 is 2.42 bits per heavy atom. The molecule has 7 heteroatoms. The minimum atomic E-state index is -0.466. The number of anilines is 2. The molecule has 0 saturated carbocycles. The molecule has 2 N–H and O–H groups in total. The van der Waals surface area contributed by atoms with Gasteiger partial charge in [0, 0.05) is 15.6 Å². The standard InChI is InChI=1S/C19H22ClN3O2S/c1-13(19(25)21-15-10-8-14(20)9-11-15)23(2)12-18(24)22-16-6-4-5-7-17(16)26-3/h4-11,13H,12H2,1-3H3,(H,21,25)(H,22,24)/t13-/m0/s1. The van der Waals surface area contributed by atoms with Gasteiger partial charge in [0.25, 0.3) is 0 Å². The Kier molecular flexibility index (Phi) is 7.50. The van der Waals surface area contributed by atoms with E-state index in [-0.39, 0.29) is 18.4 Å². The number of hydrogen-bond acceptors (Lipinski definition) is 4. The summed E-state index contributed by atoms with van der Waals surface area (Å²) < 4.78 is 0. The maximum Gasteiger partial charge on any atom is 0.241 e. The van der Waals surface area contributed by atoms with Crippen molar-refractivity contribution in [2.75, 3.05) is 30.5 Å². The number of benzene rings is 2. The van der Waals surface area contributed by atoms with Crippen LogP contribution in [0.5, 0.6) is 0 Å². The Bertz CT molecular complexity index is 768. The lowest BCUT2D eigenvalue weighted by atomic mass is 10.2. The van der Waals surface area contributed by atoms with Gasteiger partial charge in [0.1, 0.15) is 0 Å². The Morgan fingerprint density at radius 1 is 1.12 bits per heavy atom. The SMILES string of the molecule is CSc1ccccc1NC(=O)CN(C)[C@@H](C)C(=O)Nc1ccc(Cl)cc1. The molecule has 0 spiro atoms. The monoisotopic (exact) mass is 391 g/mol. The third kappa shape index (κ3) is 5.76. The van der Waals surface area contributed by atoms with Crippen molar-refractivity contribution in [1.82, 2.24) is 4.90 Å². The number of halogens is 1. The van der Waals surface area contributed by atoms with Gasteiger partial charge in [-0.1, -0.05) is 23.7 Å². The van der Waals surface area contributed by atoms with Crippen LogP contribution < -0.4 is 10.6 Å². The van der Waals surface area contributed by atoms with Gasteiger partial charge >= 0.3 is 0 Å². The number of nitrogens with zero attached hydrogens (tertiary/aromatic N) is 1. The van der Waals surface area contributed by atoms with Crippen molar-refractivity contribution in [3.63, 3.8) is 0 Å². The second-order valence-electron chi connectivity index (χ2n) is 5.84. The Balaban J connectivity index is 1.90. The largest absolute Gasteiger partial charge is 0.325 e. The molecule has 0 aromatic heterocycles. The second kappa shape index (κ2) is 9.62. The molecule has 0 aliphatic heterocycles. The maximum atomic E-state index is 12.4. The Hall–Kier alpha value is -2.02. The smallest absolute Gasteiger partial charge is 0.241 e. The fourth-order valence-corrected chi connectivity index (χ4v) is 2.96. The summed E-state index contributed by atoms with van der Waals surface area (Å²) in [7, 11) is 1.74. The molecule has 0 aliphatic carbocycles. The van der Waals surface area contributed by atoms with E-state index < -0.39 is 6.04 Å². The van der Waals surface area contributed by atoms with Crippen LogP contribution in [-0.4, -0.2) is 42.6 Å². The van der Waals surface area contributed by atoms with Crippen LogP contribution in [0, 0.1) is 0 Å². The highest BCUT2D eigenvalue weighted by Crippen LogP contribution is 2.24. The first-order chi connectivity index (χ1) is 12.4. The number of carbonyl (C=O) groups excluding carboxylic acids is 2. The van der Waals surface area contributed by atoms with Crippen LogP contribution in [0.15, 0.2) is 53.4 Å². The van der Waals surface area contributed by atoms with Gasteiger partial charge in [-0.3, -0.25) is 14.5 Å². The molecule has 1 atom stereocenters. The van der Waals surface area contributed by atoms with Gasteiger partial charge in [0.05, 0.1) is 18.3 Å². The molecule has 138 valence electrons. The summed E-state index contributed by atoms with van der Waals surface area (Å²) in [5.41, 5.74) is 1.44. The van der Waals surface area contributed by atoms with Gasteiger partial charge < -0.3 is 10.6 Å². The number of hydrogen-bond donors (Lipinski definition) is 2. The predicted octanol–water partition coefficient (Wildman–Crippen LogP) is 3.96. The van der Waals surface area contributed by atoms with E-state index in [9.17, 15) is 9.59 Å². The lowest BCUT2D eigenvalue weighted by Crippen LogP contribution is -2.43. The first-order valence-corrected chi connectivity index (χ1v) is 9.70. The zero-order valence-corrected chi connectivity index (χ0v) is 16.5. The van der Waals surface area contributed by atoms with Gasteiger partial charge in [-0.2, -0.15) is 0 Å². The molecule has 26 heavy (non-hydrogen) atoms. The lowest BCUT2D eigenvalue weighted by molar-refractivity contribution is -0.122. The molecular formula is C19H22ClN3O2S. The normalized spacial score (nSPS) is 11.9. The molecule has 0 heterocycles. The van der Waals surface area contributed by atoms with Crippen molar-refractivity contribution in [1.29, 1.82) is 0 Å². The summed E-state index contributed by atoms with van der Waals surface area (Å²) in [6.45, 7) is 1.87. The summed E-state index contributed by atoms with van der Waals surface area (Å²) in [5, 5.41) is 6.32. The molecule has 0 unspecified atom stereocenters. The molecule has 0 radical (unpaired) electrons. The first-order valence-electron chi connectivity index (χ1n) is 8.10. The molecule has 5 nitrogen and oxygen atoms in total. The molecule has 2 aromatic rings. The second-order valence-corrected chi connectivity index (χ2v) is 7.12. The summed E-state index contributed by atoms with van der Waals surface area (Å²) in [5.74, 6) is -0.354. The number of nitrogens with one attached hydrogen (secondary N) is 2. The zero-order valence-electron chi connectivity index (χ0n) is 15.0. The first kappa shape index (κ1) is 20.3. The summed E-state index contributed by atoms with van der Waals surface area (Å²) in [6, 6.07) is 14.0. The number of thioether (sulfide) groups is 1. The van der Waals surface area contributed by atoms with Crippen molar-refractivity contribution < 1.29 is 9.59 Å². The molecule has 0 bridgehead atoms. The van der Waals surface area contributed by atoms with Crippen molar-refractivity contribution >= 4 is 46.6 Å². The number of likely N-dealkylation sites (N-methyl/N-ethyl adjacent to an activating group) is 1. The Labute approximate surface area is 163 Å². The number of rotatable bonds is 7. The molecule has 0 aliphatic rings. The minimum Gasteiger partial charge on any atom is -0.325 e. The molecule has 0 saturated heterocycles. The summed E-state index contributed by atoms with van der Waals surface area (Å²) in [6.07, 6.45) is 1.96. The van der Waals surface area contributed by atoms with Crippen LogP contribution in [0.4, 0.5) is 11.4 Å². The molecule has 0 fully saturated rings. The van der Waals surface area contributed by atoms with E-state index in [1.165, 1.54) is 0 Å². The average molecular weight is 392 g/mol.